The van der Waals surface area contributed by atoms with E-state index in [4.69, 9.17) is 16.3 Å². The Hall–Kier alpha value is -3.33. The molecular formula is C23H19ClF3N3O3. The van der Waals surface area contributed by atoms with Crippen molar-refractivity contribution in [3.63, 3.8) is 0 Å². The van der Waals surface area contributed by atoms with E-state index in [1.54, 1.807) is 19.1 Å². The molecule has 0 fully saturated rings. The van der Waals surface area contributed by atoms with Crippen molar-refractivity contribution in [2.75, 3.05) is 11.4 Å². The van der Waals surface area contributed by atoms with Crippen molar-refractivity contribution < 1.29 is 27.5 Å². The highest BCUT2D eigenvalue weighted by molar-refractivity contribution is 6.30. The van der Waals surface area contributed by atoms with Gasteiger partial charge in [-0.25, -0.2) is 4.98 Å². The van der Waals surface area contributed by atoms with E-state index in [-0.39, 0.29) is 36.4 Å². The molecule has 1 aliphatic carbocycles. The van der Waals surface area contributed by atoms with Crippen molar-refractivity contribution in [3.8, 4) is 5.88 Å². The minimum Gasteiger partial charge on any atom is -0.463 e. The standard InChI is InChI=1S/C23H19ClF3N3O3/c1-13-22(32)30(12-15-5-3-7-18(15)24)19-9-16(11-29-21(19)33-13)20(31)28-10-14-4-2-6-17(8-14)23(25,26)27/h2-9,11,13,15H,10,12H2,1H3,(H,28,31). The van der Waals surface area contributed by atoms with Crippen LogP contribution in [0.15, 0.2) is 59.8 Å². The summed E-state index contributed by atoms with van der Waals surface area (Å²) < 4.78 is 44.3. The highest BCUT2D eigenvalue weighted by Crippen LogP contribution is 2.35. The second-order valence-corrected chi connectivity index (χ2v) is 8.12. The molecule has 10 heteroatoms. The van der Waals surface area contributed by atoms with Crippen LogP contribution in [0.1, 0.15) is 28.4 Å². The number of benzene rings is 1. The van der Waals surface area contributed by atoms with E-state index >= 15 is 0 Å². The maximum absolute atomic E-state index is 12.9. The fourth-order valence-corrected chi connectivity index (χ4v) is 3.79. The molecule has 0 spiro atoms. The number of aromatic nitrogens is 1. The number of hydrogen-bond donors (Lipinski definition) is 1. The van der Waals surface area contributed by atoms with Crippen LogP contribution < -0.4 is 15.0 Å². The predicted molar refractivity (Wildman–Crippen MR) is 116 cm³/mol. The minimum absolute atomic E-state index is 0.108. The van der Waals surface area contributed by atoms with Gasteiger partial charge in [0.05, 0.1) is 11.1 Å². The van der Waals surface area contributed by atoms with Crippen LogP contribution in [0.5, 0.6) is 5.88 Å². The summed E-state index contributed by atoms with van der Waals surface area (Å²) in [6.45, 7) is 1.75. The maximum Gasteiger partial charge on any atom is 0.416 e. The second kappa shape index (κ2) is 8.90. The molecule has 172 valence electrons. The number of carbonyl (C=O) groups is 2. The monoisotopic (exact) mass is 477 g/mol. The van der Waals surface area contributed by atoms with Gasteiger partial charge in [-0.1, -0.05) is 35.9 Å². The Morgan fingerprint density at radius 1 is 1.30 bits per heavy atom. The molecule has 1 aromatic heterocycles. The van der Waals surface area contributed by atoms with Crippen molar-refractivity contribution in [2.24, 2.45) is 5.92 Å². The van der Waals surface area contributed by atoms with Gasteiger partial charge in [-0.2, -0.15) is 13.2 Å². The Labute approximate surface area is 192 Å². The summed E-state index contributed by atoms with van der Waals surface area (Å²) in [5, 5.41) is 3.17. The van der Waals surface area contributed by atoms with Crippen LogP contribution in [0.2, 0.25) is 0 Å². The SMILES string of the molecule is CC1Oc2ncc(C(=O)NCc3cccc(C(F)(F)F)c3)cc2N(CC2C=CC=C2Cl)C1=O. The van der Waals surface area contributed by atoms with Gasteiger partial charge in [0.2, 0.25) is 5.88 Å². The summed E-state index contributed by atoms with van der Waals surface area (Å²) in [6, 6.07) is 6.19. The van der Waals surface area contributed by atoms with Gasteiger partial charge < -0.3 is 15.0 Å². The number of fused-ring (bicyclic) bond motifs is 1. The number of alkyl halides is 3. The third-order valence-corrected chi connectivity index (χ3v) is 5.73. The average molecular weight is 478 g/mol. The van der Waals surface area contributed by atoms with E-state index in [0.29, 0.717) is 16.3 Å². The summed E-state index contributed by atoms with van der Waals surface area (Å²) >= 11 is 6.21. The van der Waals surface area contributed by atoms with E-state index in [9.17, 15) is 22.8 Å². The van der Waals surface area contributed by atoms with Crippen LogP contribution in [-0.2, 0) is 17.5 Å². The lowest BCUT2D eigenvalue weighted by Crippen LogP contribution is -2.46. The number of nitrogens with one attached hydrogen (secondary N) is 1. The molecular weight excluding hydrogens is 459 g/mol. The third kappa shape index (κ3) is 4.88. The van der Waals surface area contributed by atoms with Crippen LogP contribution in [0.3, 0.4) is 0 Å². The van der Waals surface area contributed by atoms with Crippen LogP contribution >= 0.6 is 11.6 Å². The molecule has 0 radical (unpaired) electrons. The van der Waals surface area contributed by atoms with Gasteiger partial charge >= 0.3 is 6.18 Å². The van der Waals surface area contributed by atoms with Crippen LogP contribution in [0.25, 0.3) is 0 Å². The fraction of sp³-hybridized carbons (Fsp3) is 0.261. The normalized spacial score (nSPS) is 19.7. The minimum atomic E-state index is -4.47. The number of nitrogens with zero attached hydrogens (tertiary/aromatic N) is 2. The lowest BCUT2D eigenvalue weighted by atomic mass is 10.1. The number of halogens is 4. The molecule has 1 N–H and O–H groups in total. The van der Waals surface area contributed by atoms with Crippen molar-refractivity contribution >= 4 is 29.1 Å². The van der Waals surface area contributed by atoms with E-state index in [1.807, 2.05) is 6.08 Å². The van der Waals surface area contributed by atoms with Crippen molar-refractivity contribution in [1.82, 2.24) is 10.3 Å². The first-order valence-electron chi connectivity index (χ1n) is 10.1. The number of rotatable bonds is 5. The first kappa shape index (κ1) is 22.8. The Balaban J connectivity index is 1.53. The lowest BCUT2D eigenvalue weighted by Gasteiger charge is -2.33. The third-order valence-electron chi connectivity index (χ3n) is 5.33. The van der Waals surface area contributed by atoms with Gasteiger partial charge in [0.1, 0.15) is 5.69 Å². The van der Waals surface area contributed by atoms with Crippen molar-refractivity contribution in [2.45, 2.75) is 25.7 Å². The highest BCUT2D eigenvalue weighted by Gasteiger charge is 2.35. The number of pyridine rings is 1. The first-order chi connectivity index (χ1) is 15.6. The number of hydrogen-bond acceptors (Lipinski definition) is 4. The molecule has 2 atom stereocenters. The van der Waals surface area contributed by atoms with Gasteiger partial charge in [-0.05, 0) is 36.8 Å². The average Bonchev–Trinajstić information content (AvgIpc) is 3.19. The molecule has 0 saturated carbocycles. The van der Waals surface area contributed by atoms with Gasteiger partial charge in [-0.15, -0.1) is 0 Å². The number of anilines is 1. The summed E-state index contributed by atoms with van der Waals surface area (Å²) in [7, 11) is 0. The summed E-state index contributed by atoms with van der Waals surface area (Å²) in [4.78, 5) is 31.1. The van der Waals surface area contributed by atoms with Crippen molar-refractivity contribution in [1.29, 1.82) is 0 Å². The van der Waals surface area contributed by atoms with E-state index < -0.39 is 23.8 Å². The molecule has 2 aromatic rings. The van der Waals surface area contributed by atoms with Crippen LogP contribution in [0, 0.1) is 5.92 Å². The number of amides is 2. The fourth-order valence-electron chi connectivity index (χ4n) is 3.58. The van der Waals surface area contributed by atoms with Gasteiger partial charge in [0.15, 0.2) is 6.10 Å². The van der Waals surface area contributed by atoms with Gasteiger partial charge in [0.25, 0.3) is 11.8 Å². The zero-order valence-electron chi connectivity index (χ0n) is 17.4. The number of ether oxygens (including phenoxy) is 1. The van der Waals surface area contributed by atoms with E-state index in [1.165, 1.54) is 29.3 Å². The molecule has 1 aromatic carbocycles. The van der Waals surface area contributed by atoms with Crippen LogP contribution in [-0.4, -0.2) is 29.4 Å². The molecule has 2 unspecified atom stereocenters. The molecule has 2 heterocycles. The zero-order valence-corrected chi connectivity index (χ0v) is 18.2. The Morgan fingerprint density at radius 2 is 2.09 bits per heavy atom. The summed E-state index contributed by atoms with van der Waals surface area (Å²) in [6.07, 6.45) is 1.49. The Kier molecular flexibility index (Phi) is 6.16. The highest BCUT2D eigenvalue weighted by atomic mass is 35.5. The topological polar surface area (TPSA) is 71.5 Å². The maximum atomic E-state index is 12.9. The Bertz CT molecular complexity index is 1160. The molecule has 6 nitrogen and oxygen atoms in total. The number of allylic oxidation sites excluding steroid dienone is 2. The molecule has 1 aliphatic heterocycles. The lowest BCUT2D eigenvalue weighted by molar-refractivity contribution is -0.137. The van der Waals surface area contributed by atoms with Crippen LogP contribution in [0.4, 0.5) is 18.9 Å². The summed E-state index contributed by atoms with van der Waals surface area (Å²) in [5.74, 6) is -0.825. The van der Waals surface area contributed by atoms with E-state index in [0.717, 1.165) is 12.1 Å². The molecule has 4 rings (SSSR count). The Morgan fingerprint density at radius 3 is 2.79 bits per heavy atom. The molecule has 0 bridgehead atoms. The zero-order chi connectivity index (χ0) is 23.8. The largest absolute Gasteiger partial charge is 0.463 e. The quantitative estimate of drug-likeness (QED) is 0.690. The second-order valence-electron chi connectivity index (χ2n) is 7.68. The van der Waals surface area contributed by atoms with E-state index in [2.05, 4.69) is 10.3 Å². The van der Waals surface area contributed by atoms with Gasteiger partial charge in [0, 0.05) is 30.2 Å². The molecule has 2 amide bonds. The summed E-state index contributed by atoms with van der Waals surface area (Å²) in [5.41, 5.74) is -0.0267. The number of carbonyl (C=O) groups excluding carboxylic acids is 2. The van der Waals surface area contributed by atoms with Gasteiger partial charge in [-0.3, -0.25) is 9.59 Å². The van der Waals surface area contributed by atoms with Crippen molar-refractivity contribution in [3.05, 3.63) is 76.5 Å². The molecule has 33 heavy (non-hydrogen) atoms. The molecule has 2 aliphatic rings. The molecule has 0 saturated heterocycles. The predicted octanol–water partition coefficient (Wildman–Crippen LogP) is 4.45. The smallest absolute Gasteiger partial charge is 0.416 e. The first-order valence-corrected chi connectivity index (χ1v) is 10.5.